The van der Waals surface area contributed by atoms with Crippen molar-refractivity contribution in [1.29, 1.82) is 0 Å². The standard InChI is InChI=1S/C10H14O2S2/c1-7-5-9(8(2)14-7)10(12)6-13-4-3-11/h5,11H,3-4,6H2,1-2H3. The van der Waals surface area contributed by atoms with Crippen molar-refractivity contribution in [3.63, 3.8) is 0 Å². The van der Waals surface area contributed by atoms with E-state index in [9.17, 15) is 4.79 Å². The van der Waals surface area contributed by atoms with Gasteiger partial charge in [-0.3, -0.25) is 4.79 Å². The molecule has 14 heavy (non-hydrogen) atoms. The van der Waals surface area contributed by atoms with Crippen LogP contribution in [0.1, 0.15) is 20.1 Å². The summed E-state index contributed by atoms with van der Waals surface area (Å²) in [6.07, 6.45) is 0. The molecule has 0 unspecified atom stereocenters. The van der Waals surface area contributed by atoms with Gasteiger partial charge < -0.3 is 5.11 Å². The Morgan fingerprint density at radius 2 is 2.29 bits per heavy atom. The first kappa shape index (κ1) is 11.8. The molecule has 1 aromatic heterocycles. The Morgan fingerprint density at radius 3 is 2.79 bits per heavy atom. The van der Waals surface area contributed by atoms with Gasteiger partial charge in [-0.15, -0.1) is 11.3 Å². The van der Waals surface area contributed by atoms with Crippen LogP contribution in [0.5, 0.6) is 0 Å². The van der Waals surface area contributed by atoms with Crippen molar-refractivity contribution >= 4 is 28.9 Å². The zero-order valence-corrected chi connectivity index (χ0v) is 10.0. The molecule has 0 aliphatic carbocycles. The minimum atomic E-state index is 0.138. The summed E-state index contributed by atoms with van der Waals surface area (Å²) in [5.74, 6) is 1.27. The smallest absolute Gasteiger partial charge is 0.173 e. The van der Waals surface area contributed by atoms with Crippen molar-refractivity contribution in [3.8, 4) is 0 Å². The fourth-order valence-electron chi connectivity index (χ4n) is 1.21. The van der Waals surface area contributed by atoms with E-state index in [4.69, 9.17) is 5.11 Å². The number of aliphatic hydroxyl groups excluding tert-OH is 1. The fraction of sp³-hybridized carbons (Fsp3) is 0.500. The van der Waals surface area contributed by atoms with Gasteiger partial charge in [0.15, 0.2) is 5.78 Å². The van der Waals surface area contributed by atoms with Gasteiger partial charge in [-0.1, -0.05) is 0 Å². The molecular weight excluding hydrogens is 216 g/mol. The van der Waals surface area contributed by atoms with E-state index in [-0.39, 0.29) is 12.4 Å². The van der Waals surface area contributed by atoms with Crippen LogP contribution < -0.4 is 0 Å². The SMILES string of the molecule is Cc1cc(C(=O)CSCCO)c(C)s1. The second-order valence-corrected chi connectivity index (χ2v) is 5.59. The molecule has 0 aliphatic heterocycles. The Bertz CT molecular complexity index is 318. The average Bonchev–Trinajstić information content (AvgIpc) is 2.45. The summed E-state index contributed by atoms with van der Waals surface area (Å²) >= 11 is 3.14. The van der Waals surface area contributed by atoms with Crippen molar-refractivity contribution in [3.05, 3.63) is 21.4 Å². The van der Waals surface area contributed by atoms with Crippen LogP contribution in [0, 0.1) is 13.8 Å². The number of rotatable bonds is 5. The molecule has 1 N–H and O–H groups in total. The minimum absolute atomic E-state index is 0.138. The Hall–Kier alpha value is -0.320. The zero-order chi connectivity index (χ0) is 10.6. The summed E-state index contributed by atoms with van der Waals surface area (Å²) in [6.45, 7) is 4.12. The molecule has 0 spiro atoms. The van der Waals surface area contributed by atoms with Gasteiger partial charge in [-0.05, 0) is 19.9 Å². The lowest BCUT2D eigenvalue weighted by Gasteiger charge is -1.98. The van der Waals surface area contributed by atoms with Gasteiger partial charge in [0.25, 0.3) is 0 Å². The number of hydrogen-bond acceptors (Lipinski definition) is 4. The molecule has 0 saturated carbocycles. The maximum atomic E-state index is 11.7. The number of aliphatic hydroxyl groups is 1. The van der Waals surface area contributed by atoms with Gasteiger partial charge in [0, 0.05) is 21.1 Å². The Kier molecular flexibility index (Phi) is 4.65. The molecule has 1 rings (SSSR count). The summed E-state index contributed by atoms with van der Waals surface area (Å²) < 4.78 is 0. The molecule has 2 nitrogen and oxygen atoms in total. The average molecular weight is 230 g/mol. The summed E-state index contributed by atoms with van der Waals surface area (Å²) in [6, 6.07) is 1.95. The monoisotopic (exact) mass is 230 g/mol. The second-order valence-electron chi connectivity index (χ2n) is 3.03. The molecule has 78 valence electrons. The quantitative estimate of drug-likeness (QED) is 0.623. The van der Waals surface area contributed by atoms with Gasteiger partial charge in [0.1, 0.15) is 0 Å². The van der Waals surface area contributed by atoms with Crippen molar-refractivity contribution < 1.29 is 9.90 Å². The van der Waals surface area contributed by atoms with Crippen molar-refractivity contribution in [2.75, 3.05) is 18.1 Å². The summed E-state index contributed by atoms with van der Waals surface area (Å²) in [7, 11) is 0. The summed E-state index contributed by atoms with van der Waals surface area (Å²) in [4.78, 5) is 13.9. The molecule has 0 aliphatic rings. The molecule has 1 aromatic rings. The van der Waals surface area contributed by atoms with Crippen LogP contribution in [0.3, 0.4) is 0 Å². The fourth-order valence-corrected chi connectivity index (χ4v) is 2.77. The van der Waals surface area contributed by atoms with Crippen molar-refractivity contribution in [2.45, 2.75) is 13.8 Å². The Balaban J connectivity index is 2.56. The number of thiophene rings is 1. The molecule has 0 amide bonds. The number of carbonyl (C=O) groups excluding carboxylic acids is 1. The first-order chi connectivity index (χ1) is 6.65. The lowest BCUT2D eigenvalue weighted by Crippen LogP contribution is -2.03. The first-order valence-corrected chi connectivity index (χ1v) is 6.41. The number of hydrogen-bond donors (Lipinski definition) is 1. The number of Topliss-reactive ketones (excluding diaryl/α,β-unsaturated/α-hetero) is 1. The van der Waals surface area contributed by atoms with Gasteiger partial charge in [0.2, 0.25) is 0 Å². The third-order valence-electron chi connectivity index (χ3n) is 1.81. The highest BCUT2D eigenvalue weighted by Crippen LogP contribution is 2.21. The third-order valence-corrected chi connectivity index (χ3v) is 3.71. The van der Waals surface area contributed by atoms with Crippen molar-refractivity contribution in [1.82, 2.24) is 0 Å². The molecule has 0 aromatic carbocycles. The molecule has 0 bridgehead atoms. The van der Waals surface area contributed by atoms with E-state index in [1.54, 1.807) is 11.3 Å². The van der Waals surface area contributed by atoms with Crippen LogP contribution in [0.15, 0.2) is 6.07 Å². The van der Waals surface area contributed by atoms with E-state index < -0.39 is 0 Å². The number of aryl methyl sites for hydroxylation is 2. The maximum Gasteiger partial charge on any atom is 0.173 e. The summed E-state index contributed by atoms with van der Waals surface area (Å²) in [5, 5.41) is 8.58. The molecule has 0 saturated heterocycles. The van der Waals surface area contributed by atoms with E-state index in [2.05, 4.69) is 0 Å². The third kappa shape index (κ3) is 3.12. The van der Waals surface area contributed by atoms with Crippen LogP contribution in [0.25, 0.3) is 0 Å². The normalized spacial score (nSPS) is 10.5. The molecule has 1 heterocycles. The van der Waals surface area contributed by atoms with Gasteiger partial charge >= 0.3 is 0 Å². The predicted octanol–water partition coefficient (Wildman–Crippen LogP) is 2.27. The molecule has 0 radical (unpaired) electrons. The van der Waals surface area contributed by atoms with E-state index >= 15 is 0 Å². The molecule has 0 fully saturated rings. The predicted molar refractivity (Wildman–Crippen MR) is 62.5 cm³/mol. The zero-order valence-electron chi connectivity index (χ0n) is 8.37. The maximum absolute atomic E-state index is 11.7. The molecule has 4 heteroatoms. The number of carbonyl (C=O) groups is 1. The van der Waals surface area contributed by atoms with Gasteiger partial charge in [0.05, 0.1) is 12.4 Å². The highest BCUT2D eigenvalue weighted by molar-refractivity contribution is 8.00. The van der Waals surface area contributed by atoms with E-state index in [1.807, 2.05) is 19.9 Å². The minimum Gasteiger partial charge on any atom is -0.396 e. The van der Waals surface area contributed by atoms with Crippen LogP contribution in [0.4, 0.5) is 0 Å². The Morgan fingerprint density at radius 1 is 1.57 bits per heavy atom. The Labute approximate surface area is 92.3 Å². The molecule has 0 atom stereocenters. The topological polar surface area (TPSA) is 37.3 Å². The largest absolute Gasteiger partial charge is 0.396 e. The lowest BCUT2D eigenvalue weighted by molar-refractivity contribution is 0.102. The summed E-state index contributed by atoms with van der Waals surface area (Å²) in [5.41, 5.74) is 0.845. The van der Waals surface area contributed by atoms with Crippen LogP contribution in [-0.2, 0) is 0 Å². The highest BCUT2D eigenvalue weighted by Gasteiger charge is 2.11. The highest BCUT2D eigenvalue weighted by atomic mass is 32.2. The van der Waals surface area contributed by atoms with Crippen LogP contribution in [0.2, 0.25) is 0 Å². The number of ketones is 1. The first-order valence-electron chi connectivity index (χ1n) is 4.44. The van der Waals surface area contributed by atoms with E-state index in [0.717, 1.165) is 10.4 Å². The lowest BCUT2D eigenvalue weighted by atomic mass is 10.2. The molecular formula is C10H14O2S2. The van der Waals surface area contributed by atoms with Crippen LogP contribution in [-0.4, -0.2) is 29.0 Å². The second kappa shape index (κ2) is 5.53. The van der Waals surface area contributed by atoms with E-state index in [1.165, 1.54) is 16.6 Å². The van der Waals surface area contributed by atoms with Gasteiger partial charge in [-0.2, -0.15) is 11.8 Å². The van der Waals surface area contributed by atoms with Crippen molar-refractivity contribution in [2.24, 2.45) is 0 Å². The van der Waals surface area contributed by atoms with Gasteiger partial charge in [-0.25, -0.2) is 0 Å². The number of thioether (sulfide) groups is 1. The van der Waals surface area contributed by atoms with Crippen LogP contribution >= 0.6 is 23.1 Å². The van der Waals surface area contributed by atoms with E-state index in [0.29, 0.717) is 11.5 Å².